The van der Waals surface area contributed by atoms with Crippen LogP contribution in [0.15, 0.2) is 35.4 Å². The number of nitrogens with zero attached hydrogens (tertiary/aromatic N) is 2. The Morgan fingerprint density at radius 1 is 1.06 bits per heavy atom. The molecule has 6 heteroatoms. The Hall–Kier alpha value is -2.50. The Labute approximate surface area is 94.4 Å². The van der Waals surface area contributed by atoms with Crippen LogP contribution in [0.4, 0.5) is 4.39 Å². The predicted octanol–water partition coefficient (Wildman–Crippen LogP) is 1.45. The van der Waals surface area contributed by atoms with E-state index in [-0.39, 0.29) is 5.69 Å². The summed E-state index contributed by atoms with van der Waals surface area (Å²) in [7, 11) is 0. The molecular formula is C11H7FN4O. The highest BCUT2D eigenvalue weighted by molar-refractivity contribution is 5.77. The van der Waals surface area contributed by atoms with Gasteiger partial charge in [-0.3, -0.25) is 4.98 Å². The Balaban J connectivity index is 2.17. The van der Waals surface area contributed by atoms with Crippen LogP contribution in [0.1, 0.15) is 0 Å². The van der Waals surface area contributed by atoms with E-state index >= 15 is 0 Å². The fourth-order valence-electron chi connectivity index (χ4n) is 1.63. The Morgan fingerprint density at radius 3 is 2.65 bits per heavy atom. The van der Waals surface area contributed by atoms with Crippen LogP contribution in [-0.2, 0) is 0 Å². The summed E-state index contributed by atoms with van der Waals surface area (Å²) in [4.78, 5) is 23.9. The van der Waals surface area contributed by atoms with E-state index in [0.717, 1.165) is 11.1 Å². The number of halogens is 1. The molecule has 0 fully saturated rings. The Morgan fingerprint density at radius 2 is 1.88 bits per heavy atom. The van der Waals surface area contributed by atoms with E-state index in [2.05, 4.69) is 19.9 Å². The number of hydrogen-bond acceptors (Lipinski definition) is 3. The van der Waals surface area contributed by atoms with Gasteiger partial charge in [-0.15, -0.1) is 0 Å². The molecule has 0 spiro atoms. The van der Waals surface area contributed by atoms with Gasteiger partial charge in [0, 0.05) is 23.5 Å². The highest BCUT2D eigenvalue weighted by atomic mass is 19.1. The monoisotopic (exact) mass is 230 g/mol. The van der Waals surface area contributed by atoms with Crippen LogP contribution in [0, 0.1) is 5.95 Å². The molecule has 0 aromatic carbocycles. The standard InChI is InChI=1S/C11H7FN4O/c12-9-2-1-6(4-13-9)7-3-8-10(14-5-7)16-11(17)15-8/h1-5H,(H2,14,15,16,17). The normalized spacial score (nSPS) is 10.9. The average molecular weight is 230 g/mol. The van der Waals surface area contributed by atoms with Gasteiger partial charge in [0.15, 0.2) is 5.65 Å². The van der Waals surface area contributed by atoms with Crippen molar-refractivity contribution >= 4 is 11.2 Å². The topological polar surface area (TPSA) is 74.4 Å². The SMILES string of the molecule is O=c1[nH]c2cc(-c3ccc(F)nc3)cnc2[nH]1. The van der Waals surface area contributed by atoms with Gasteiger partial charge in [-0.05, 0) is 18.2 Å². The third-order valence-electron chi connectivity index (χ3n) is 2.43. The molecule has 0 unspecified atom stereocenters. The van der Waals surface area contributed by atoms with Gasteiger partial charge in [0.2, 0.25) is 5.95 Å². The molecule has 0 atom stereocenters. The van der Waals surface area contributed by atoms with Crippen LogP contribution in [0.2, 0.25) is 0 Å². The van der Waals surface area contributed by atoms with Gasteiger partial charge in [0.1, 0.15) is 0 Å². The molecule has 0 saturated carbocycles. The van der Waals surface area contributed by atoms with Gasteiger partial charge in [0.05, 0.1) is 5.52 Å². The molecule has 0 amide bonds. The summed E-state index contributed by atoms with van der Waals surface area (Å²) in [5, 5.41) is 0. The maximum Gasteiger partial charge on any atom is 0.325 e. The van der Waals surface area contributed by atoms with Crippen molar-refractivity contribution in [2.24, 2.45) is 0 Å². The lowest BCUT2D eigenvalue weighted by molar-refractivity contribution is 0.584. The quantitative estimate of drug-likeness (QED) is 0.621. The van der Waals surface area contributed by atoms with E-state index in [1.165, 1.54) is 12.3 Å². The first-order valence-electron chi connectivity index (χ1n) is 4.92. The molecule has 3 aromatic heterocycles. The van der Waals surface area contributed by atoms with E-state index in [0.29, 0.717) is 11.2 Å². The minimum atomic E-state index is -0.530. The molecule has 2 N–H and O–H groups in total. The zero-order chi connectivity index (χ0) is 11.8. The molecular weight excluding hydrogens is 223 g/mol. The van der Waals surface area contributed by atoms with Crippen LogP contribution >= 0.6 is 0 Å². The molecule has 17 heavy (non-hydrogen) atoms. The number of imidazole rings is 1. The number of hydrogen-bond donors (Lipinski definition) is 2. The third kappa shape index (κ3) is 1.69. The van der Waals surface area contributed by atoms with Crippen molar-refractivity contribution < 1.29 is 4.39 Å². The number of rotatable bonds is 1. The van der Waals surface area contributed by atoms with Crippen LogP contribution in [0.5, 0.6) is 0 Å². The van der Waals surface area contributed by atoms with Crippen LogP contribution in [0.25, 0.3) is 22.3 Å². The summed E-state index contributed by atoms with van der Waals surface area (Å²) in [5.41, 5.74) is 2.30. The lowest BCUT2D eigenvalue weighted by Gasteiger charge is -1.99. The maximum absolute atomic E-state index is 12.7. The smallest absolute Gasteiger partial charge is 0.304 e. The summed E-state index contributed by atoms with van der Waals surface area (Å²) in [5.74, 6) is -0.530. The van der Waals surface area contributed by atoms with E-state index in [1.807, 2.05) is 0 Å². The van der Waals surface area contributed by atoms with Gasteiger partial charge in [-0.2, -0.15) is 4.39 Å². The first-order chi connectivity index (χ1) is 8.22. The number of aromatic amines is 2. The molecule has 3 heterocycles. The largest absolute Gasteiger partial charge is 0.325 e. The number of nitrogens with one attached hydrogen (secondary N) is 2. The van der Waals surface area contributed by atoms with Crippen molar-refractivity contribution in [1.82, 2.24) is 19.9 Å². The van der Waals surface area contributed by atoms with Gasteiger partial charge >= 0.3 is 5.69 Å². The number of H-pyrrole nitrogens is 2. The first kappa shape index (κ1) is 9.71. The first-order valence-corrected chi connectivity index (χ1v) is 4.92. The fraction of sp³-hybridized carbons (Fsp3) is 0. The van der Waals surface area contributed by atoms with Crippen molar-refractivity contribution in [1.29, 1.82) is 0 Å². The van der Waals surface area contributed by atoms with E-state index in [9.17, 15) is 9.18 Å². The summed E-state index contributed by atoms with van der Waals surface area (Å²) >= 11 is 0. The van der Waals surface area contributed by atoms with Crippen LogP contribution < -0.4 is 5.69 Å². The zero-order valence-corrected chi connectivity index (χ0v) is 8.57. The van der Waals surface area contributed by atoms with Crippen molar-refractivity contribution in [3.05, 3.63) is 47.0 Å². The minimum absolute atomic E-state index is 0.304. The molecule has 0 aliphatic carbocycles. The molecule has 84 valence electrons. The van der Waals surface area contributed by atoms with Crippen molar-refractivity contribution in [3.63, 3.8) is 0 Å². The summed E-state index contributed by atoms with van der Waals surface area (Å²) in [6.07, 6.45) is 3.02. The maximum atomic E-state index is 12.7. The fourth-order valence-corrected chi connectivity index (χ4v) is 1.63. The summed E-state index contributed by atoms with van der Waals surface area (Å²) < 4.78 is 12.7. The highest BCUT2D eigenvalue weighted by Gasteiger charge is 2.03. The van der Waals surface area contributed by atoms with Gasteiger partial charge in [0.25, 0.3) is 0 Å². The zero-order valence-electron chi connectivity index (χ0n) is 8.57. The van der Waals surface area contributed by atoms with Crippen LogP contribution in [-0.4, -0.2) is 19.9 Å². The predicted molar refractivity (Wildman–Crippen MR) is 59.9 cm³/mol. The Kier molecular flexibility index (Phi) is 2.01. The van der Waals surface area contributed by atoms with Gasteiger partial charge < -0.3 is 4.98 Å². The summed E-state index contributed by atoms with van der Waals surface area (Å²) in [6, 6.07) is 4.64. The number of pyridine rings is 2. The minimum Gasteiger partial charge on any atom is -0.304 e. The van der Waals surface area contributed by atoms with Gasteiger partial charge in [-0.25, -0.2) is 14.8 Å². The number of aromatic nitrogens is 4. The lowest BCUT2D eigenvalue weighted by atomic mass is 10.1. The molecule has 3 rings (SSSR count). The highest BCUT2D eigenvalue weighted by Crippen LogP contribution is 2.19. The van der Waals surface area contributed by atoms with Crippen molar-refractivity contribution in [2.45, 2.75) is 0 Å². The molecule has 0 saturated heterocycles. The third-order valence-corrected chi connectivity index (χ3v) is 2.43. The van der Waals surface area contributed by atoms with Crippen LogP contribution in [0.3, 0.4) is 0 Å². The molecule has 0 bridgehead atoms. The van der Waals surface area contributed by atoms with E-state index in [1.54, 1.807) is 18.3 Å². The molecule has 0 radical (unpaired) electrons. The second kappa shape index (κ2) is 3.51. The van der Waals surface area contributed by atoms with E-state index in [4.69, 9.17) is 0 Å². The Bertz CT molecular complexity index is 729. The number of fused-ring (bicyclic) bond motifs is 1. The molecule has 5 nitrogen and oxygen atoms in total. The molecule has 0 aliphatic heterocycles. The second-order valence-electron chi connectivity index (χ2n) is 3.57. The van der Waals surface area contributed by atoms with Gasteiger partial charge in [-0.1, -0.05) is 0 Å². The van der Waals surface area contributed by atoms with Crippen molar-refractivity contribution in [2.75, 3.05) is 0 Å². The summed E-state index contributed by atoms with van der Waals surface area (Å²) in [6.45, 7) is 0. The van der Waals surface area contributed by atoms with E-state index < -0.39 is 5.95 Å². The molecule has 0 aliphatic rings. The van der Waals surface area contributed by atoms with Crippen molar-refractivity contribution in [3.8, 4) is 11.1 Å². The molecule has 3 aromatic rings. The second-order valence-corrected chi connectivity index (χ2v) is 3.57. The lowest BCUT2D eigenvalue weighted by Crippen LogP contribution is -1.99. The average Bonchev–Trinajstić information content (AvgIpc) is 2.69.